The Hall–Kier alpha value is -3.16. The van der Waals surface area contributed by atoms with E-state index < -0.39 is 5.41 Å². The molecule has 2 N–H and O–H groups in total. The predicted octanol–water partition coefficient (Wildman–Crippen LogP) is 3.08. The number of carboxylic acid groups (broad SMARTS) is 1. The first-order valence-electron chi connectivity index (χ1n) is 10.5. The number of carbonyl (C=O) groups is 3. The van der Waals surface area contributed by atoms with Gasteiger partial charge in [-0.3, -0.25) is 19.4 Å². The van der Waals surface area contributed by atoms with Crippen LogP contribution >= 0.6 is 0 Å². The van der Waals surface area contributed by atoms with Crippen molar-refractivity contribution in [3.05, 3.63) is 53.2 Å². The largest absolute Gasteiger partial charge is 0.483 e. The summed E-state index contributed by atoms with van der Waals surface area (Å²) in [5.74, 6) is 1.42. The van der Waals surface area contributed by atoms with Crippen LogP contribution in [0.1, 0.15) is 60.2 Å². The highest BCUT2D eigenvalue weighted by atomic mass is 16.3. The van der Waals surface area contributed by atoms with Gasteiger partial charge in [-0.15, -0.1) is 0 Å². The van der Waals surface area contributed by atoms with Gasteiger partial charge >= 0.3 is 0 Å². The van der Waals surface area contributed by atoms with E-state index in [0.29, 0.717) is 17.9 Å². The Kier molecular flexibility index (Phi) is 6.77. The lowest BCUT2D eigenvalue weighted by atomic mass is 9.71. The molecule has 0 radical (unpaired) electrons. The van der Waals surface area contributed by atoms with Crippen LogP contribution in [-0.2, 0) is 16.1 Å². The van der Waals surface area contributed by atoms with E-state index in [4.69, 9.17) is 14.3 Å². The van der Waals surface area contributed by atoms with E-state index in [1.165, 1.54) is 0 Å². The Morgan fingerprint density at radius 3 is 2.68 bits per heavy atom. The number of nitrogens with one attached hydrogen (secondary N) is 1. The molecule has 0 aromatic carbocycles. The van der Waals surface area contributed by atoms with Crippen LogP contribution in [-0.4, -0.2) is 45.4 Å². The summed E-state index contributed by atoms with van der Waals surface area (Å²) in [7, 11) is 0. The van der Waals surface area contributed by atoms with Crippen LogP contribution in [0.5, 0.6) is 0 Å². The molecule has 8 nitrogen and oxygen atoms in total. The number of nitrogens with zero attached hydrogens (tertiary/aromatic N) is 2. The lowest BCUT2D eigenvalue weighted by Gasteiger charge is -2.35. The Morgan fingerprint density at radius 1 is 1.35 bits per heavy atom. The van der Waals surface area contributed by atoms with Gasteiger partial charge in [0.2, 0.25) is 5.91 Å². The zero-order chi connectivity index (χ0) is 22.6. The normalized spacial score (nSPS) is 23.8. The standard InChI is InChI=1S/C22H27N3O3.CH2O2/c1-4-22(21(27)24-13-16-7-5-6-10-23-16)12-17-8-9-19(22)25(17)20(26)18-11-14(2)28-15(18)3;2-1-3/h5-7,10-11,17,19H,4,8-9,12-13H2,1-3H3,(H,24,27);1H,(H,2,3)/t17-,19+,22+;/m0./s1. The number of aryl methyl sites for hydroxylation is 2. The Labute approximate surface area is 181 Å². The minimum atomic E-state index is -0.528. The summed E-state index contributed by atoms with van der Waals surface area (Å²) >= 11 is 0. The zero-order valence-electron chi connectivity index (χ0n) is 18.1. The van der Waals surface area contributed by atoms with Gasteiger partial charge in [0.25, 0.3) is 12.4 Å². The van der Waals surface area contributed by atoms with Crippen molar-refractivity contribution in [2.45, 2.75) is 65.1 Å². The molecule has 2 aliphatic rings. The molecule has 4 rings (SSSR count). The second-order valence-corrected chi connectivity index (χ2v) is 8.11. The maximum atomic E-state index is 13.3. The van der Waals surface area contributed by atoms with Crippen LogP contribution < -0.4 is 5.32 Å². The molecule has 166 valence electrons. The molecule has 4 heterocycles. The SMILES string of the molecule is CC[C@@]1(C(=O)NCc2ccccn2)C[C@@H]2CC[C@H]1N2C(=O)c1cc(C)oc1C.O=CO. The van der Waals surface area contributed by atoms with Gasteiger partial charge in [-0.2, -0.15) is 0 Å². The van der Waals surface area contributed by atoms with E-state index in [2.05, 4.69) is 17.2 Å². The van der Waals surface area contributed by atoms with Crippen LogP contribution in [0.4, 0.5) is 0 Å². The summed E-state index contributed by atoms with van der Waals surface area (Å²) in [5.41, 5.74) is 0.929. The van der Waals surface area contributed by atoms with E-state index >= 15 is 0 Å². The Bertz CT molecular complexity index is 942. The van der Waals surface area contributed by atoms with Crippen molar-refractivity contribution in [3.8, 4) is 0 Å². The number of fused-ring (bicyclic) bond motifs is 2. The molecule has 2 fully saturated rings. The van der Waals surface area contributed by atoms with Crippen LogP contribution in [0.3, 0.4) is 0 Å². The third-order valence-corrected chi connectivity index (χ3v) is 6.49. The Morgan fingerprint density at radius 2 is 2.10 bits per heavy atom. The summed E-state index contributed by atoms with van der Waals surface area (Å²) in [6.07, 6.45) is 5.00. The number of furan rings is 1. The van der Waals surface area contributed by atoms with Gasteiger partial charge < -0.3 is 19.7 Å². The van der Waals surface area contributed by atoms with Crippen LogP contribution in [0, 0.1) is 19.3 Å². The van der Waals surface area contributed by atoms with Crippen molar-refractivity contribution in [1.82, 2.24) is 15.2 Å². The average molecular weight is 428 g/mol. The monoisotopic (exact) mass is 427 g/mol. The molecule has 2 amide bonds. The number of pyridine rings is 1. The minimum Gasteiger partial charge on any atom is -0.483 e. The smallest absolute Gasteiger partial charge is 0.290 e. The van der Waals surface area contributed by atoms with Gasteiger partial charge in [0.15, 0.2) is 0 Å². The summed E-state index contributed by atoms with van der Waals surface area (Å²) in [4.78, 5) is 41.1. The van der Waals surface area contributed by atoms with Gasteiger partial charge in [-0.25, -0.2) is 0 Å². The molecule has 0 saturated carbocycles. The number of amides is 2. The van der Waals surface area contributed by atoms with Gasteiger partial charge in [-0.1, -0.05) is 13.0 Å². The van der Waals surface area contributed by atoms with Gasteiger partial charge in [0.1, 0.15) is 11.5 Å². The van der Waals surface area contributed by atoms with Crippen molar-refractivity contribution >= 4 is 18.3 Å². The number of rotatable bonds is 5. The van der Waals surface area contributed by atoms with Crippen LogP contribution in [0.25, 0.3) is 0 Å². The number of carbonyl (C=O) groups excluding carboxylic acids is 2. The first-order chi connectivity index (χ1) is 14.9. The maximum absolute atomic E-state index is 13.3. The van der Waals surface area contributed by atoms with Crippen LogP contribution in [0.15, 0.2) is 34.9 Å². The molecule has 3 atom stereocenters. The van der Waals surface area contributed by atoms with E-state index in [1.807, 2.05) is 43.0 Å². The molecule has 8 heteroatoms. The predicted molar refractivity (Wildman–Crippen MR) is 113 cm³/mol. The average Bonchev–Trinajstić information content (AvgIpc) is 3.43. The lowest BCUT2D eigenvalue weighted by molar-refractivity contribution is -0.133. The van der Waals surface area contributed by atoms with Crippen molar-refractivity contribution < 1.29 is 23.9 Å². The van der Waals surface area contributed by atoms with Gasteiger partial charge in [0, 0.05) is 18.3 Å². The molecule has 0 spiro atoms. The lowest BCUT2D eigenvalue weighted by Crippen LogP contribution is -2.49. The van der Waals surface area contributed by atoms with Gasteiger partial charge in [0.05, 0.1) is 23.2 Å². The molecular formula is C23H29N3O5. The fourth-order valence-corrected chi connectivity index (χ4v) is 5.11. The number of hydrogen-bond donors (Lipinski definition) is 2. The molecule has 2 aromatic rings. The topological polar surface area (TPSA) is 113 Å². The molecule has 2 bridgehead atoms. The summed E-state index contributed by atoms with van der Waals surface area (Å²) < 4.78 is 5.57. The van der Waals surface area contributed by atoms with E-state index in [-0.39, 0.29) is 30.4 Å². The van der Waals surface area contributed by atoms with Gasteiger partial charge in [-0.05, 0) is 57.7 Å². The maximum Gasteiger partial charge on any atom is 0.290 e. The summed E-state index contributed by atoms with van der Waals surface area (Å²) in [6, 6.07) is 7.54. The molecular weight excluding hydrogens is 398 g/mol. The highest BCUT2D eigenvalue weighted by Gasteiger charge is 2.60. The Balaban J connectivity index is 0.000000858. The van der Waals surface area contributed by atoms with E-state index in [9.17, 15) is 9.59 Å². The first-order valence-corrected chi connectivity index (χ1v) is 10.5. The molecule has 2 aliphatic heterocycles. The molecule has 2 saturated heterocycles. The second kappa shape index (κ2) is 9.32. The zero-order valence-corrected chi connectivity index (χ0v) is 18.1. The summed E-state index contributed by atoms with van der Waals surface area (Å²) in [6.45, 7) is 5.89. The third-order valence-electron chi connectivity index (χ3n) is 6.49. The van der Waals surface area contributed by atoms with Crippen LogP contribution in [0.2, 0.25) is 0 Å². The van der Waals surface area contributed by atoms with E-state index in [0.717, 1.165) is 37.1 Å². The number of aromatic nitrogens is 1. The second-order valence-electron chi connectivity index (χ2n) is 8.11. The molecule has 31 heavy (non-hydrogen) atoms. The van der Waals surface area contributed by atoms with Crippen molar-refractivity contribution in [2.75, 3.05) is 0 Å². The fraction of sp³-hybridized carbons (Fsp3) is 0.478. The highest BCUT2D eigenvalue weighted by molar-refractivity contribution is 5.97. The van der Waals surface area contributed by atoms with Crippen molar-refractivity contribution in [3.63, 3.8) is 0 Å². The number of hydrogen-bond acceptors (Lipinski definition) is 5. The first kappa shape index (κ1) is 22.5. The third kappa shape index (κ3) is 4.19. The van der Waals surface area contributed by atoms with Crippen molar-refractivity contribution in [1.29, 1.82) is 0 Å². The van der Waals surface area contributed by atoms with Crippen molar-refractivity contribution in [2.24, 2.45) is 5.41 Å². The molecule has 0 aliphatic carbocycles. The highest BCUT2D eigenvalue weighted by Crippen LogP contribution is 2.52. The minimum absolute atomic E-state index is 0.00491. The quantitative estimate of drug-likeness (QED) is 0.709. The molecule has 2 aromatic heterocycles. The molecule has 0 unspecified atom stereocenters. The fourth-order valence-electron chi connectivity index (χ4n) is 5.11. The van der Waals surface area contributed by atoms with E-state index in [1.54, 1.807) is 6.20 Å². The summed E-state index contributed by atoms with van der Waals surface area (Å²) in [5, 5.41) is 9.96.